The monoisotopic (exact) mass is 196 g/mol. The van der Waals surface area contributed by atoms with Gasteiger partial charge < -0.3 is 0 Å². The molecule has 1 aliphatic carbocycles. The lowest BCUT2D eigenvalue weighted by Gasteiger charge is -2.21. The molecule has 0 aromatic carbocycles. The van der Waals surface area contributed by atoms with Gasteiger partial charge in [0, 0.05) is 0 Å². The molecule has 0 aromatic rings. The second-order valence-corrected chi connectivity index (χ2v) is 5.62. The van der Waals surface area contributed by atoms with Crippen LogP contribution < -0.4 is 0 Å². The molecule has 0 heterocycles. The Morgan fingerprint density at radius 1 is 1.14 bits per heavy atom. The van der Waals surface area contributed by atoms with Gasteiger partial charge in [-0.15, -0.1) is 0 Å². The number of hydrogen-bond acceptors (Lipinski definition) is 0. The van der Waals surface area contributed by atoms with Crippen molar-refractivity contribution in [1.29, 1.82) is 0 Å². The van der Waals surface area contributed by atoms with Crippen molar-refractivity contribution in [3.63, 3.8) is 0 Å². The zero-order valence-electron chi connectivity index (χ0n) is 10.4. The quantitative estimate of drug-likeness (QED) is 0.514. The van der Waals surface area contributed by atoms with Crippen molar-refractivity contribution in [2.75, 3.05) is 0 Å². The van der Waals surface area contributed by atoms with Crippen molar-refractivity contribution < 1.29 is 0 Å². The summed E-state index contributed by atoms with van der Waals surface area (Å²) in [7, 11) is 0. The molecule has 0 nitrogen and oxygen atoms in total. The van der Waals surface area contributed by atoms with Gasteiger partial charge in [-0.25, -0.2) is 0 Å². The van der Waals surface area contributed by atoms with E-state index in [-0.39, 0.29) is 0 Å². The second-order valence-electron chi connectivity index (χ2n) is 5.62. The lowest BCUT2D eigenvalue weighted by atomic mass is 9.84. The van der Waals surface area contributed by atoms with E-state index in [1.54, 1.807) is 0 Å². The first-order chi connectivity index (χ1) is 6.70. The summed E-state index contributed by atoms with van der Waals surface area (Å²) in [4.78, 5) is 0. The standard InChI is InChI=1S/C14H28/c1-4-6-7-8-9-13-10-11-14(3,5-2)12-13/h13H,4-12H2,1-3H3. The van der Waals surface area contributed by atoms with Crippen molar-refractivity contribution in [1.82, 2.24) is 0 Å². The second kappa shape index (κ2) is 5.78. The fourth-order valence-corrected chi connectivity index (χ4v) is 2.88. The molecule has 0 saturated heterocycles. The van der Waals surface area contributed by atoms with Crippen molar-refractivity contribution in [2.45, 2.75) is 78.6 Å². The van der Waals surface area contributed by atoms with Gasteiger partial charge in [-0.2, -0.15) is 0 Å². The van der Waals surface area contributed by atoms with E-state index in [4.69, 9.17) is 0 Å². The van der Waals surface area contributed by atoms with E-state index in [1.807, 2.05) is 0 Å². The van der Waals surface area contributed by atoms with Gasteiger partial charge >= 0.3 is 0 Å². The van der Waals surface area contributed by atoms with Crippen molar-refractivity contribution >= 4 is 0 Å². The van der Waals surface area contributed by atoms with Gasteiger partial charge in [-0.1, -0.05) is 59.3 Å². The Hall–Kier alpha value is 0. The molecule has 2 unspecified atom stereocenters. The summed E-state index contributed by atoms with van der Waals surface area (Å²) in [5.74, 6) is 1.07. The zero-order chi connectivity index (χ0) is 10.4. The van der Waals surface area contributed by atoms with Crippen LogP contribution in [0.25, 0.3) is 0 Å². The molecular formula is C14H28. The highest BCUT2D eigenvalue weighted by Crippen LogP contribution is 2.45. The molecule has 0 heteroatoms. The lowest BCUT2D eigenvalue weighted by molar-refractivity contribution is 0.302. The van der Waals surface area contributed by atoms with E-state index in [2.05, 4.69) is 20.8 Å². The molecular weight excluding hydrogens is 168 g/mol. The summed E-state index contributed by atoms with van der Waals surface area (Å²) in [6.07, 6.45) is 13.2. The molecule has 2 atom stereocenters. The van der Waals surface area contributed by atoms with Gasteiger partial charge in [0.25, 0.3) is 0 Å². The molecule has 1 saturated carbocycles. The molecule has 1 fully saturated rings. The van der Waals surface area contributed by atoms with Crippen molar-refractivity contribution in [2.24, 2.45) is 11.3 Å². The van der Waals surface area contributed by atoms with Crippen LogP contribution in [-0.2, 0) is 0 Å². The van der Waals surface area contributed by atoms with Gasteiger partial charge in [0.05, 0.1) is 0 Å². The zero-order valence-corrected chi connectivity index (χ0v) is 10.4. The average molecular weight is 196 g/mol. The van der Waals surface area contributed by atoms with Crippen molar-refractivity contribution in [3.8, 4) is 0 Å². The molecule has 1 rings (SSSR count). The predicted octanol–water partition coefficient (Wildman–Crippen LogP) is 5.17. The highest BCUT2D eigenvalue weighted by molar-refractivity contribution is 4.84. The minimum atomic E-state index is 0.704. The molecule has 0 amide bonds. The fraction of sp³-hybridized carbons (Fsp3) is 1.00. The first-order valence-electron chi connectivity index (χ1n) is 6.70. The highest BCUT2D eigenvalue weighted by atomic mass is 14.4. The van der Waals surface area contributed by atoms with E-state index >= 15 is 0 Å². The first kappa shape index (κ1) is 12.1. The summed E-state index contributed by atoms with van der Waals surface area (Å²) >= 11 is 0. The lowest BCUT2D eigenvalue weighted by Crippen LogP contribution is -2.09. The summed E-state index contributed by atoms with van der Waals surface area (Å²) < 4.78 is 0. The van der Waals surface area contributed by atoms with Crippen LogP contribution in [0.4, 0.5) is 0 Å². The van der Waals surface area contributed by atoms with Gasteiger partial charge in [0.1, 0.15) is 0 Å². The smallest absolute Gasteiger partial charge is 0.0326 e. The average Bonchev–Trinajstić information content (AvgIpc) is 2.56. The Balaban J connectivity index is 2.10. The van der Waals surface area contributed by atoms with E-state index in [1.165, 1.54) is 57.8 Å². The summed E-state index contributed by atoms with van der Waals surface area (Å²) in [6.45, 7) is 7.14. The molecule has 0 N–H and O–H groups in total. The largest absolute Gasteiger partial charge is 0.0654 e. The van der Waals surface area contributed by atoms with Crippen LogP contribution >= 0.6 is 0 Å². The maximum absolute atomic E-state index is 2.49. The van der Waals surface area contributed by atoms with E-state index < -0.39 is 0 Å². The van der Waals surface area contributed by atoms with Crippen LogP contribution in [0.1, 0.15) is 78.6 Å². The Labute approximate surface area is 90.5 Å². The third kappa shape index (κ3) is 3.63. The third-order valence-corrected chi connectivity index (χ3v) is 4.26. The van der Waals surface area contributed by atoms with Crippen LogP contribution in [0.2, 0.25) is 0 Å². The fourth-order valence-electron chi connectivity index (χ4n) is 2.88. The van der Waals surface area contributed by atoms with Crippen LogP contribution in [0.5, 0.6) is 0 Å². The molecule has 14 heavy (non-hydrogen) atoms. The summed E-state index contributed by atoms with van der Waals surface area (Å²) in [6, 6.07) is 0. The van der Waals surface area contributed by atoms with Crippen LogP contribution in [0.15, 0.2) is 0 Å². The van der Waals surface area contributed by atoms with Gasteiger partial charge in [-0.05, 0) is 30.6 Å². The van der Waals surface area contributed by atoms with Crippen molar-refractivity contribution in [3.05, 3.63) is 0 Å². The molecule has 0 aromatic heterocycles. The Kier molecular flexibility index (Phi) is 4.98. The molecule has 0 bridgehead atoms. The topological polar surface area (TPSA) is 0 Å². The Morgan fingerprint density at radius 2 is 1.93 bits per heavy atom. The van der Waals surface area contributed by atoms with Gasteiger partial charge in [0.2, 0.25) is 0 Å². The van der Waals surface area contributed by atoms with E-state index in [0.29, 0.717) is 5.41 Å². The Morgan fingerprint density at radius 3 is 2.50 bits per heavy atom. The van der Waals surface area contributed by atoms with Gasteiger partial charge in [-0.3, -0.25) is 0 Å². The maximum Gasteiger partial charge on any atom is -0.0326 e. The number of hydrogen-bond donors (Lipinski definition) is 0. The maximum atomic E-state index is 2.49. The van der Waals surface area contributed by atoms with Crippen LogP contribution in [0, 0.1) is 11.3 Å². The minimum absolute atomic E-state index is 0.704. The van der Waals surface area contributed by atoms with E-state index in [0.717, 1.165) is 5.92 Å². The normalized spacial score (nSPS) is 32.4. The van der Waals surface area contributed by atoms with Gasteiger partial charge in [0.15, 0.2) is 0 Å². The third-order valence-electron chi connectivity index (χ3n) is 4.26. The molecule has 0 spiro atoms. The molecule has 0 radical (unpaired) electrons. The van der Waals surface area contributed by atoms with Crippen LogP contribution in [-0.4, -0.2) is 0 Å². The highest BCUT2D eigenvalue weighted by Gasteiger charge is 2.32. The number of unbranched alkanes of at least 4 members (excludes halogenated alkanes) is 3. The molecule has 84 valence electrons. The molecule has 0 aliphatic heterocycles. The van der Waals surface area contributed by atoms with Crippen LogP contribution in [0.3, 0.4) is 0 Å². The van der Waals surface area contributed by atoms with E-state index in [9.17, 15) is 0 Å². The first-order valence-corrected chi connectivity index (χ1v) is 6.70. The SMILES string of the molecule is CCCCCCC1CCC(C)(CC)C1. The number of rotatable bonds is 6. The summed E-state index contributed by atoms with van der Waals surface area (Å²) in [5, 5.41) is 0. The summed E-state index contributed by atoms with van der Waals surface area (Å²) in [5.41, 5.74) is 0.704. The predicted molar refractivity (Wildman–Crippen MR) is 64.5 cm³/mol. The Bertz CT molecular complexity index is 150. The molecule has 1 aliphatic rings. The minimum Gasteiger partial charge on any atom is -0.0654 e.